The molecule has 1 N–H and O–H groups in total. The average Bonchev–Trinajstić information content (AvgIpc) is 2.15. The van der Waals surface area contributed by atoms with Gasteiger partial charge in [-0.05, 0) is 26.4 Å². The third-order valence-corrected chi connectivity index (χ3v) is 1.57. The van der Waals surface area contributed by atoms with E-state index in [0.29, 0.717) is 6.42 Å². The molecule has 0 aromatic rings. The van der Waals surface area contributed by atoms with Gasteiger partial charge in [0.15, 0.2) is 0 Å². The van der Waals surface area contributed by atoms with Crippen LogP contribution in [0.15, 0.2) is 0 Å². The maximum absolute atomic E-state index is 11.0. The quantitative estimate of drug-likeness (QED) is 0.663. The summed E-state index contributed by atoms with van der Waals surface area (Å²) in [6.45, 7) is 5.00. The van der Waals surface area contributed by atoms with Crippen molar-refractivity contribution in [2.75, 3.05) is 27.7 Å². The minimum Gasteiger partial charge on any atom is -0.349 e. The standard InChI is InChI=1S/C8H18N2O.C2H6/c1-9-7-5-4-6-8(11)10(2)3;1-2/h9H,4-7H2,1-3H3;1-2H3. The molecule has 0 fully saturated rings. The van der Waals surface area contributed by atoms with Crippen LogP contribution in [0.2, 0.25) is 0 Å². The molecule has 0 aliphatic carbocycles. The second kappa shape index (κ2) is 11.4. The summed E-state index contributed by atoms with van der Waals surface area (Å²) in [5, 5.41) is 3.05. The molecule has 0 saturated carbocycles. The monoisotopic (exact) mass is 188 g/mol. The molecule has 13 heavy (non-hydrogen) atoms. The van der Waals surface area contributed by atoms with Crippen molar-refractivity contribution in [1.29, 1.82) is 0 Å². The lowest BCUT2D eigenvalue weighted by atomic mass is 10.2. The van der Waals surface area contributed by atoms with Crippen molar-refractivity contribution in [1.82, 2.24) is 10.2 Å². The Morgan fingerprint density at radius 1 is 1.23 bits per heavy atom. The fourth-order valence-corrected chi connectivity index (χ4v) is 0.802. The van der Waals surface area contributed by atoms with Crippen molar-refractivity contribution in [3.8, 4) is 0 Å². The highest BCUT2D eigenvalue weighted by Gasteiger charge is 2.01. The minimum atomic E-state index is 0.223. The van der Waals surface area contributed by atoms with Gasteiger partial charge in [-0.25, -0.2) is 0 Å². The largest absolute Gasteiger partial charge is 0.349 e. The van der Waals surface area contributed by atoms with Crippen molar-refractivity contribution in [3.63, 3.8) is 0 Å². The van der Waals surface area contributed by atoms with Gasteiger partial charge in [0.05, 0.1) is 0 Å². The highest BCUT2D eigenvalue weighted by molar-refractivity contribution is 5.75. The van der Waals surface area contributed by atoms with Crippen LogP contribution in [0.4, 0.5) is 0 Å². The van der Waals surface area contributed by atoms with E-state index in [1.54, 1.807) is 19.0 Å². The van der Waals surface area contributed by atoms with Gasteiger partial charge in [-0.3, -0.25) is 4.79 Å². The van der Waals surface area contributed by atoms with E-state index >= 15 is 0 Å². The fraction of sp³-hybridized carbons (Fsp3) is 0.900. The summed E-state index contributed by atoms with van der Waals surface area (Å²) < 4.78 is 0. The van der Waals surface area contributed by atoms with Gasteiger partial charge in [-0.1, -0.05) is 13.8 Å². The summed E-state index contributed by atoms with van der Waals surface area (Å²) >= 11 is 0. The molecule has 0 spiro atoms. The predicted octanol–water partition coefficient (Wildman–Crippen LogP) is 1.49. The SMILES string of the molecule is CC.CNCCCCC(=O)N(C)C. The van der Waals surface area contributed by atoms with E-state index in [2.05, 4.69) is 5.32 Å². The highest BCUT2D eigenvalue weighted by atomic mass is 16.2. The Labute approximate surface area is 82.5 Å². The summed E-state index contributed by atoms with van der Waals surface area (Å²) in [7, 11) is 5.51. The first-order valence-corrected chi connectivity index (χ1v) is 5.03. The first-order chi connectivity index (χ1) is 6.18. The van der Waals surface area contributed by atoms with Crippen LogP contribution < -0.4 is 5.32 Å². The van der Waals surface area contributed by atoms with Gasteiger partial charge in [-0.15, -0.1) is 0 Å². The van der Waals surface area contributed by atoms with E-state index in [9.17, 15) is 4.79 Å². The van der Waals surface area contributed by atoms with Crippen LogP contribution in [-0.2, 0) is 4.79 Å². The van der Waals surface area contributed by atoms with E-state index in [-0.39, 0.29) is 5.91 Å². The molecule has 0 saturated heterocycles. The number of amides is 1. The number of carbonyl (C=O) groups is 1. The Morgan fingerprint density at radius 2 is 1.77 bits per heavy atom. The summed E-state index contributed by atoms with van der Waals surface area (Å²) in [5.41, 5.74) is 0. The first-order valence-electron chi connectivity index (χ1n) is 5.03. The number of unbranched alkanes of at least 4 members (excludes halogenated alkanes) is 1. The Morgan fingerprint density at radius 3 is 2.15 bits per heavy atom. The van der Waals surface area contributed by atoms with Crippen LogP contribution in [0.5, 0.6) is 0 Å². The lowest BCUT2D eigenvalue weighted by molar-refractivity contribution is -0.128. The van der Waals surface area contributed by atoms with Gasteiger partial charge in [0.2, 0.25) is 5.91 Å². The second-order valence-electron chi connectivity index (χ2n) is 2.85. The molecular formula is C10H24N2O. The van der Waals surface area contributed by atoms with Gasteiger partial charge >= 0.3 is 0 Å². The molecule has 1 amide bonds. The van der Waals surface area contributed by atoms with Crippen LogP contribution in [0.1, 0.15) is 33.1 Å². The highest BCUT2D eigenvalue weighted by Crippen LogP contribution is 1.96. The molecule has 0 heterocycles. The third kappa shape index (κ3) is 11.4. The van der Waals surface area contributed by atoms with Crippen LogP contribution >= 0.6 is 0 Å². The van der Waals surface area contributed by atoms with Crippen molar-refractivity contribution < 1.29 is 4.79 Å². The van der Waals surface area contributed by atoms with Gasteiger partial charge in [0, 0.05) is 20.5 Å². The van der Waals surface area contributed by atoms with E-state index in [4.69, 9.17) is 0 Å². The summed E-state index contributed by atoms with van der Waals surface area (Å²) in [6.07, 6.45) is 2.74. The summed E-state index contributed by atoms with van der Waals surface area (Å²) in [5.74, 6) is 0.223. The van der Waals surface area contributed by atoms with Gasteiger partial charge in [0.1, 0.15) is 0 Å². The molecule has 0 aromatic carbocycles. The lowest BCUT2D eigenvalue weighted by Crippen LogP contribution is -2.21. The van der Waals surface area contributed by atoms with Gasteiger partial charge < -0.3 is 10.2 Å². The maximum atomic E-state index is 11.0. The van der Waals surface area contributed by atoms with Crippen molar-refractivity contribution in [2.45, 2.75) is 33.1 Å². The Hall–Kier alpha value is -0.570. The minimum absolute atomic E-state index is 0.223. The smallest absolute Gasteiger partial charge is 0.222 e. The van der Waals surface area contributed by atoms with Crippen LogP contribution in [-0.4, -0.2) is 38.5 Å². The Balaban J connectivity index is 0. The fourth-order valence-electron chi connectivity index (χ4n) is 0.802. The second-order valence-corrected chi connectivity index (χ2v) is 2.85. The van der Waals surface area contributed by atoms with E-state index < -0.39 is 0 Å². The predicted molar refractivity (Wildman–Crippen MR) is 57.8 cm³/mol. The zero-order chi connectivity index (χ0) is 10.7. The normalized spacial score (nSPS) is 8.69. The summed E-state index contributed by atoms with van der Waals surface area (Å²) in [4.78, 5) is 12.6. The molecule has 0 rings (SSSR count). The van der Waals surface area contributed by atoms with E-state index in [1.165, 1.54) is 0 Å². The molecule has 3 heteroatoms. The molecule has 80 valence electrons. The average molecular weight is 188 g/mol. The number of carbonyl (C=O) groups excluding carboxylic acids is 1. The molecule has 0 aliphatic rings. The zero-order valence-electron chi connectivity index (χ0n) is 9.68. The summed E-state index contributed by atoms with van der Waals surface area (Å²) in [6, 6.07) is 0. The molecule has 3 nitrogen and oxygen atoms in total. The van der Waals surface area contributed by atoms with Crippen molar-refractivity contribution in [2.24, 2.45) is 0 Å². The third-order valence-electron chi connectivity index (χ3n) is 1.57. The number of hydrogen-bond donors (Lipinski definition) is 1. The Bertz CT molecular complexity index is 113. The first kappa shape index (κ1) is 14.9. The molecule has 0 aliphatic heterocycles. The molecular weight excluding hydrogens is 164 g/mol. The topological polar surface area (TPSA) is 32.3 Å². The molecule has 0 atom stereocenters. The zero-order valence-corrected chi connectivity index (χ0v) is 9.68. The van der Waals surface area contributed by atoms with Gasteiger partial charge in [-0.2, -0.15) is 0 Å². The molecule has 0 unspecified atom stereocenters. The van der Waals surface area contributed by atoms with E-state index in [1.807, 2.05) is 20.9 Å². The number of hydrogen-bond acceptors (Lipinski definition) is 2. The van der Waals surface area contributed by atoms with Crippen LogP contribution in [0, 0.1) is 0 Å². The van der Waals surface area contributed by atoms with Gasteiger partial charge in [0.25, 0.3) is 0 Å². The van der Waals surface area contributed by atoms with E-state index in [0.717, 1.165) is 19.4 Å². The molecule has 0 radical (unpaired) electrons. The maximum Gasteiger partial charge on any atom is 0.222 e. The Kier molecular flexibility index (Phi) is 13.1. The van der Waals surface area contributed by atoms with Crippen molar-refractivity contribution >= 4 is 5.91 Å². The van der Waals surface area contributed by atoms with Crippen LogP contribution in [0.25, 0.3) is 0 Å². The number of nitrogens with zero attached hydrogens (tertiary/aromatic N) is 1. The number of nitrogens with one attached hydrogen (secondary N) is 1. The lowest BCUT2D eigenvalue weighted by Gasteiger charge is -2.09. The molecule has 0 aromatic heterocycles. The van der Waals surface area contributed by atoms with Crippen molar-refractivity contribution in [3.05, 3.63) is 0 Å². The molecule has 0 bridgehead atoms. The number of rotatable bonds is 5. The van der Waals surface area contributed by atoms with Crippen LogP contribution in [0.3, 0.4) is 0 Å².